The van der Waals surface area contributed by atoms with Gasteiger partial charge in [-0.3, -0.25) is 9.59 Å². The first kappa shape index (κ1) is 14.3. The van der Waals surface area contributed by atoms with Crippen LogP contribution in [0.2, 0.25) is 0 Å². The molecule has 1 aliphatic rings. The Hall–Kier alpha value is -2.66. The van der Waals surface area contributed by atoms with Gasteiger partial charge < -0.3 is 15.7 Å². The van der Waals surface area contributed by atoms with E-state index < -0.39 is 11.5 Å². The van der Waals surface area contributed by atoms with E-state index in [0.29, 0.717) is 22.5 Å². The predicted molar refractivity (Wildman–Crippen MR) is 83.6 cm³/mol. The van der Waals surface area contributed by atoms with Crippen LogP contribution in [0.4, 0.5) is 11.4 Å². The van der Waals surface area contributed by atoms with Crippen LogP contribution in [0.3, 0.4) is 0 Å². The zero-order valence-corrected chi connectivity index (χ0v) is 12.1. The highest BCUT2D eigenvalue weighted by molar-refractivity contribution is 6.10. The number of carbonyl (C=O) groups excluding carboxylic acids is 2. The Morgan fingerprint density at radius 2 is 1.82 bits per heavy atom. The lowest BCUT2D eigenvalue weighted by molar-refractivity contribution is -0.135. The van der Waals surface area contributed by atoms with Crippen molar-refractivity contribution in [2.45, 2.75) is 12.0 Å². The number of anilines is 2. The molecule has 3 rings (SSSR count). The summed E-state index contributed by atoms with van der Waals surface area (Å²) in [5.74, 6) is -0.793. The molecule has 0 aromatic heterocycles. The van der Waals surface area contributed by atoms with Gasteiger partial charge in [0.15, 0.2) is 11.4 Å². The number of fused-ring (bicyclic) bond motifs is 1. The third kappa shape index (κ3) is 2.07. The van der Waals surface area contributed by atoms with Crippen LogP contribution < -0.4 is 10.6 Å². The minimum Gasteiger partial charge on any atom is -0.399 e. The molecule has 0 unspecified atom stereocenters. The van der Waals surface area contributed by atoms with Crippen LogP contribution in [0.15, 0.2) is 48.5 Å². The van der Waals surface area contributed by atoms with Crippen LogP contribution in [0.25, 0.3) is 0 Å². The first-order valence-corrected chi connectivity index (χ1v) is 6.92. The molecule has 3 N–H and O–H groups in total. The lowest BCUT2D eigenvalue weighted by Gasteiger charge is -2.21. The monoisotopic (exact) mass is 296 g/mol. The quantitative estimate of drug-likeness (QED) is 0.667. The Morgan fingerprint density at radius 3 is 2.50 bits per heavy atom. The molecule has 1 aliphatic heterocycles. The van der Waals surface area contributed by atoms with Crippen LogP contribution in [0.5, 0.6) is 0 Å². The van der Waals surface area contributed by atoms with Gasteiger partial charge in [-0.15, -0.1) is 0 Å². The maximum Gasteiger partial charge on any atom is 0.263 e. The van der Waals surface area contributed by atoms with Gasteiger partial charge in [-0.25, -0.2) is 0 Å². The van der Waals surface area contributed by atoms with Gasteiger partial charge >= 0.3 is 0 Å². The molecule has 5 nitrogen and oxygen atoms in total. The van der Waals surface area contributed by atoms with Crippen molar-refractivity contribution in [1.29, 1.82) is 0 Å². The van der Waals surface area contributed by atoms with E-state index in [2.05, 4.69) is 0 Å². The van der Waals surface area contributed by atoms with Gasteiger partial charge in [-0.05, 0) is 30.3 Å². The van der Waals surface area contributed by atoms with Crippen molar-refractivity contribution >= 4 is 23.1 Å². The molecule has 5 heteroatoms. The summed E-state index contributed by atoms with van der Waals surface area (Å²) in [6.07, 6.45) is -0.295. The van der Waals surface area contributed by atoms with Crippen molar-refractivity contribution in [2.75, 3.05) is 17.7 Å². The largest absolute Gasteiger partial charge is 0.399 e. The van der Waals surface area contributed by atoms with Crippen molar-refractivity contribution in [1.82, 2.24) is 0 Å². The summed E-state index contributed by atoms with van der Waals surface area (Å²) in [5.41, 5.74) is 5.84. The second kappa shape index (κ2) is 4.96. The molecule has 2 aromatic carbocycles. The first-order valence-electron chi connectivity index (χ1n) is 6.92. The molecule has 22 heavy (non-hydrogen) atoms. The Bertz CT molecular complexity index is 755. The first-order chi connectivity index (χ1) is 10.4. The molecule has 1 amide bonds. The van der Waals surface area contributed by atoms with Crippen molar-refractivity contribution < 1.29 is 14.7 Å². The van der Waals surface area contributed by atoms with Gasteiger partial charge in [-0.1, -0.05) is 18.2 Å². The van der Waals surface area contributed by atoms with Gasteiger partial charge in [0, 0.05) is 23.9 Å². The molecule has 2 aromatic rings. The molecule has 0 aliphatic carbocycles. The maximum absolute atomic E-state index is 12.4. The van der Waals surface area contributed by atoms with E-state index in [1.54, 1.807) is 55.6 Å². The third-order valence-electron chi connectivity index (χ3n) is 4.02. The minimum absolute atomic E-state index is 0.295. The Morgan fingerprint density at radius 1 is 1.18 bits per heavy atom. The van der Waals surface area contributed by atoms with Crippen LogP contribution >= 0.6 is 0 Å². The topological polar surface area (TPSA) is 83.6 Å². The van der Waals surface area contributed by atoms with E-state index in [1.165, 1.54) is 4.90 Å². The maximum atomic E-state index is 12.4. The summed E-state index contributed by atoms with van der Waals surface area (Å²) < 4.78 is 0. The zero-order valence-electron chi connectivity index (χ0n) is 12.1. The summed E-state index contributed by atoms with van der Waals surface area (Å²) in [6.45, 7) is 0. The molecular weight excluding hydrogens is 280 g/mol. The number of likely N-dealkylation sites (N-methyl/N-ethyl adjacent to an activating group) is 1. The second-order valence-electron chi connectivity index (χ2n) is 5.46. The number of para-hydroxylation sites is 1. The van der Waals surface area contributed by atoms with E-state index in [-0.39, 0.29) is 12.2 Å². The van der Waals surface area contributed by atoms with Gasteiger partial charge in [0.2, 0.25) is 0 Å². The number of rotatable bonds is 3. The number of hydrogen-bond acceptors (Lipinski definition) is 4. The lowest BCUT2D eigenvalue weighted by atomic mass is 9.88. The smallest absolute Gasteiger partial charge is 0.263 e. The molecular formula is C17H16N2O3. The summed E-state index contributed by atoms with van der Waals surface area (Å²) in [5, 5.41) is 10.8. The number of carbonyl (C=O) groups is 2. The number of aliphatic hydroxyl groups is 1. The normalized spacial score (nSPS) is 20.1. The van der Waals surface area contributed by atoms with E-state index in [0.717, 1.165) is 0 Å². The molecule has 0 fully saturated rings. The van der Waals surface area contributed by atoms with E-state index in [1.807, 2.05) is 0 Å². The van der Waals surface area contributed by atoms with E-state index in [4.69, 9.17) is 5.73 Å². The van der Waals surface area contributed by atoms with Crippen molar-refractivity contribution in [3.63, 3.8) is 0 Å². The zero-order chi connectivity index (χ0) is 15.9. The summed E-state index contributed by atoms with van der Waals surface area (Å²) in [7, 11) is 1.59. The minimum atomic E-state index is -1.82. The SMILES string of the molecule is CN1C(=O)[C@](O)(CC(=O)c2ccc(N)cc2)c2ccccc21. The molecule has 0 saturated carbocycles. The number of hydrogen-bond donors (Lipinski definition) is 2. The Labute approximate surface area is 128 Å². The van der Waals surface area contributed by atoms with Crippen molar-refractivity contribution in [3.05, 3.63) is 59.7 Å². The Balaban J connectivity index is 1.95. The fraction of sp³-hybridized carbons (Fsp3) is 0.176. The fourth-order valence-corrected chi connectivity index (χ4v) is 2.79. The average molecular weight is 296 g/mol. The van der Waals surface area contributed by atoms with E-state index in [9.17, 15) is 14.7 Å². The number of amides is 1. The van der Waals surface area contributed by atoms with Crippen LogP contribution in [0.1, 0.15) is 22.3 Å². The van der Waals surface area contributed by atoms with Gasteiger partial charge in [-0.2, -0.15) is 0 Å². The predicted octanol–water partition coefficient (Wildman–Crippen LogP) is 1.71. The van der Waals surface area contributed by atoms with Crippen molar-refractivity contribution in [2.24, 2.45) is 0 Å². The molecule has 1 heterocycles. The fourth-order valence-electron chi connectivity index (χ4n) is 2.79. The number of nitrogens with two attached hydrogens (primary N) is 1. The number of benzene rings is 2. The summed E-state index contributed by atoms with van der Waals surface area (Å²) in [4.78, 5) is 26.2. The van der Waals surface area contributed by atoms with Gasteiger partial charge in [0.05, 0.1) is 12.1 Å². The van der Waals surface area contributed by atoms with E-state index >= 15 is 0 Å². The molecule has 1 atom stereocenters. The highest BCUT2D eigenvalue weighted by Gasteiger charge is 2.49. The second-order valence-corrected chi connectivity index (χ2v) is 5.46. The molecule has 0 spiro atoms. The summed E-state index contributed by atoms with van der Waals surface area (Å²) >= 11 is 0. The van der Waals surface area contributed by atoms with Gasteiger partial charge in [0.1, 0.15) is 0 Å². The summed E-state index contributed by atoms with van der Waals surface area (Å²) in [6, 6.07) is 13.4. The lowest BCUT2D eigenvalue weighted by Crippen LogP contribution is -2.40. The van der Waals surface area contributed by atoms with Crippen molar-refractivity contribution in [3.8, 4) is 0 Å². The van der Waals surface area contributed by atoms with Crippen LogP contribution in [-0.4, -0.2) is 23.8 Å². The van der Waals surface area contributed by atoms with Gasteiger partial charge in [0.25, 0.3) is 5.91 Å². The highest BCUT2D eigenvalue weighted by Crippen LogP contribution is 2.41. The third-order valence-corrected chi connectivity index (χ3v) is 4.02. The molecule has 0 saturated heterocycles. The van der Waals surface area contributed by atoms with Crippen LogP contribution in [0, 0.1) is 0 Å². The number of ketones is 1. The Kier molecular flexibility index (Phi) is 3.22. The molecule has 112 valence electrons. The standard InChI is InChI=1S/C17H16N2O3/c1-19-14-5-3-2-4-13(14)17(22,16(19)21)10-15(20)11-6-8-12(18)9-7-11/h2-9,22H,10,18H2,1H3/t17-/m0/s1. The number of Topliss-reactive ketones (excluding diaryl/α,β-unsaturated/α-hetero) is 1. The number of nitrogens with zero attached hydrogens (tertiary/aromatic N) is 1. The highest BCUT2D eigenvalue weighted by atomic mass is 16.3. The molecule has 0 bridgehead atoms. The number of nitrogen functional groups attached to an aromatic ring is 1. The van der Waals surface area contributed by atoms with Crippen LogP contribution in [-0.2, 0) is 10.4 Å². The average Bonchev–Trinajstić information content (AvgIpc) is 2.70. The molecule has 0 radical (unpaired) electrons.